The van der Waals surface area contributed by atoms with Gasteiger partial charge in [0.15, 0.2) is 0 Å². The van der Waals surface area contributed by atoms with Gasteiger partial charge in [-0.05, 0) is 35.7 Å². The van der Waals surface area contributed by atoms with Crippen molar-refractivity contribution in [2.24, 2.45) is 5.73 Å². The van der Waals surface area contributed by atoms with Crippen LogP contribution in [0.15, 0.2) is 66.7 Å². The summed E-state index contributed by atoms with van der Waals surface area (Å²) in [5.41, 5.74) is 7.15. The minimum absolute atomic E-state index is 0.124. The average molecular weight is 319 g/mol. The van der Waals surface area contributed by atoms with Gasteiger partial charge in [0, 0.05) is 22.3 Å². The van der Waals surface area contributed by atoms with Crippen LogP contribution in [0.5, 0.6) is 0 Å². The summed E-state index contributed by atoms with van der Waals surface area (Å²) >= 11 is 0. The minimum atomic E-state index is -0.477. The number of rotatable bonds is 5. The second-order valence-electron chi connectivity index (χ2n) is 5.37. The fourth-order valence-electron chi connectivity index (χ4n) is 2.46. The Morgan fingerprint density at radius 2 is 1.58 bits per heavy atom. The fourth-order valence-corrected chi connectivity index (χ4v) is 2.46. The maximum atomic E-state index is 12.2. The molecule has 0 radical (unpaired) electrons. The van der Waals surface area contributed by atoms with Gasteiger partial charge in [-0.1, -0.05) is 36.4 Å². The quantitative estimate of drug-likeness (QED) is 0.676. The number of carbonyl (C=O) groups excluding carboxylic acids is 2. The Kier molecular flexibility index (Phi) is 4.43. The molecule has 0 heterocycles. The first kappa shape index (κ1) is 15.6. The summed E-state index contributed by atoms with van der Waals surface area (Å²) in [6.07, 6.45) is 0. The first-order valence-electron chi connectivity index (χ1n) is 7.55. The average Bonchev–Trinajstić information content (AvgIpc) is 2.61. The maximum Gasteiger partial charge on any atom is 0.248 e. The predicted molar refractivity (Wildman–Crippen MR) is 96.0 cm³/mol. The van der Waals surface area contributed by atoms with Crippen molar-refractivity contribution < 1.29 is 9.59 Å². The van der Waals surface area contributed by atoms with E-state index in [1.807, 2.05) is 42.5 Å². The summed E-state index contributed by atoms with van der Waals surface area (Å²) in [4.78, 5) is 23.2. The monoisotopic (exact) mass is 319 g/mol. The van der Waals surface area contributed by atoms with E-state index in [0.717, 1.165) is 22.1 Å². The number of amides is 2. The molecule has 0 bridgehead atoms. The summed E-state index contributed by atoms with van der Waals surface area (Å²) in [6.45, 7) is 0.124. The number of fused-ring (bicyclic) bond motifs is 1. The van der Waals surface area contributed by atoms with E-state index >= 15 is 0 Å². The topological polar surface area (TPSA) is 84.2 Å². The first-order valence-corrected chi connectivity index (χ1v) is 7.55. The fraction of sp³-hybridized carbons (Fsp3) is 0.0526. The number of nitrogens with one attached hydrogen (secondary N) is 2. The Morgan fingerprint density at radius 1 is 0.875 bits per heavy atom. The number of nitrogens with two attached hydrogens (primary N) is 1. The molecule has 5 heteroatoms. The van der Waals surface area contributed by atoms with E-state index in [1.54, 1.807) is 24.3 Å². The van der Waals surface area contributed by atoms with Crippen LogP contribution in [0.4, 0.5) is 11.4 Å². The summed E-state index contributed by atoms with van der Waals surface area (Å²) in [6, 6.07) is 20.3. The van der Waals surface area contributed by atoms with Crippen molar-refractivity contribution in [3.8, 4) is 0 Å². The Bertz CT molecular complexity index is 883. The highest BCUT2D eigenvalue weighted by Gasteiger charge is 2.06. The predicted octanol–water partition coefficient (Wildman–Crippen LogP) is 2.99. The molecule has 0 saturated heterocycles. The van der Waals surface area contributed by atoms with E-state index in [9.17, 15) is 9.59 Å². The molecule has 0 aliphatic carbocycles. The van der Waals surface area contributed by atoms with Crippen LogP contribution in [0.1, 0.15) is 10.4 Å². The molecule has 5 nitrogen and oxygen atoms in total. The summed E-state index contributed by atoms with van der Waals surface area (Å²) < 4.78 is 0. The van der Waals surface area contributed by atoms with Crippen molar-refractivity contribution in [1.82, 2.24) is 0 Å². The molecule has 3 aromatic rings. The lowest BCUT2D eigenvalue weighted by Crippen LogP contribution is -2.22. The van der Waals surface area contributed by atoms with Gasteiger partial charge < -0.3 is 16.4 Å². The number of benzene rings is 3. The second-order valence-corrected chi connectivity index (χ2v) is 5.37. The van der Waals surface area contributed by atoms with E-state index < -0.39 is 5.91 Å². The molecule has 0 atom stereocenters. The molecule has 0 aliphatic rings. The van der Waals surface area contributed by atoms with Gasteiger partial charge in [-0.25, -0.2) is 0 Å². The van der Waals surface area contributed by atoms with Crippen LogP contribution >= 0.6 is 0 Å². The Labute approximate surface area is 139 Å². The molecule has 0 spiro atoms. The summed E-state index contributed by atoms with van der Waals surface area (Å²) in [5, 5.41) is 8.00. The Morgan fingerprint density at radius 3 is 2.33 bits per heavy atom. The van der Waals surface area contributed by atoms with Gasteiger partial charge in [-0.15, -0.1) is 0 Å². The first-order chi connectivity index (χ1) is 11.6. The van der Waals surface area contributed by atoms with Crippen molar-refractivity contribution in [1.29, 1.82) is 0 Å². The molecule has 0 unspecified atom stereocenters. The third-order valence-electron chi connectivity index (χ3n) is 3.69. The molecule has 0 aliphatic heterocycles. The lowest BCUT2D eigenvalue weighted by Gasteiger charge is -2.10. The number of anilines is 2. The molecule has 3 rings (SSSR count). The van der Waals surface area contributed by atoms with Crippen molar-refractivity contribution in [2.45, 2.75) is 0 Å². The maximum absolute atomic E-state index is 12.2. The molecule has 120 valence electrons. The number of hydrogen-bond donors (Lipinski definition) is 3. The van der Waals surface area contributed by atoms with Gasteiger partial charge in [-0.2, -0.15) is 0 Å². The van der Waals surface area contributed by atoms with Crippen LogP contribution in [-0.4, -0.2) is 18.4 Å². The smallest absolute Gasteiger partial charge is 0.248 e. The second kappa shape index (κ2) is 6.83. The van der Waals surface area contributed by atoms with Gasteiger partial charge in [0.2, 0.25) is 11.8 Å². The van der Waals surface area contributed by atoms with Crippen LogP contribution in [0.3, 0.4) is 0 Å². The van der Waals surface area contributed by atoms with E-state index in [0.29, 0.717) is 5.56 Å². The molecular weight excluding hydrogens is 302 g/mol. The molecule has 4 N–H and O–H groups in total. The third-order valence-corrected chi connectivity index (χ3v) is 3.69. The van der Waals surface area contributed by atoms with Gasteiger partial charge in [-0.3, -0.25) is 9.59 Å². The molecule has 3 aromatic carbocycles. The zero-order valence-corrected chi connectivity index (χ0v) is 13.0. The largest absolute Gasteiger partial charge is 0.376 e. The number of primary amides is 1. The highest BCUT2D eigenvalue weighted by molar-refractivity contribution is 6.03. The minimum Gasteiger partial charge on any atom is -0.376 e. The molecule has 2 amide bonds. The van der Waals surface area contributed by atoms with Crippen molar-refractivity contribution in [2.75, 3.05) is 17.2 Å². The van der Waals surface area contributed by atoms with E-state index in [-0.39, 0.29) is 12.5 Å². The van der Waals surface area contributed by atoms with Gasteiger partial charge >= 0.3 is 0 Å². The van der Waals surface area contributed by atoms with Gasteiger partial charge in [0.1, 0.15) is 0 Å². The van der Waals surface area contributed by atoms with Crippen LogP contribution in [0.2, 0.25) is 0 Å². The zero-order chi connectivity index (χ0) is 16.9. The van der Waals surface area contributed by atoms with Gasteiger partial charge in [0.25, 0.3) is 0 Å². The van der Waals surface area contributed by atoms with Crippen LogP contribution in [0.25, 0.3) is 10.8 Å². The zero-order valence-electron chi connectivity index (χ0n) is 13.0. The standard InChI is InChI=1S/C19H17N3O2/c20-19(24)14-8-10-15(11-9-14)21-12-18(23)22-17-7-3-5-13-4-1-2-6-16(13)17/h1-11,21H,12H2,(H2,20,24)(H,22,23). The summed E-state index contributed by atoms with van der Waals surface area (Å²) in [5.74, 6) is -0.624. The van der Waals surface area contributed by atoms with Crippen molar-refractivity contribution >= 4 is 34.0 Å². The number of hydrogen-bond acceptors (Lipinski definition) is 3. The molecule has 0 fully saturated rings. The van der Waals surface area contributed by atoms with E-state index in [4.69, 9.17) is 5.73 Å². The van der Waals surface area contributed by atoms with Gasteiger partial charge in [0.05, 0.1) is 6.54 Å². The summed E-state index contributed by atoms with van der Waals surface area (Å²) in [7, 11) is 0. The lowest BCUT2D eigenvalue weighted by molar-refractivity contribution is -0.114. The SMILES string of the molecule is NC(=O)c1ccc(NCC(=O)Nc2cccc3ccccc23)cc1. The number of carbonyl (C=O) groups is 2. The van der Waals surface area contributed by atoms with Crippen LogP contribution in [-0.2, 0) is 4.79 Å². The molecular formula is C19H17N3O2. The highest BCUT2D eigenvalue weighted by Crippen LogP contribution is 2.22. The molecule has 0 saturated carbocycles. The lowest BCUT2D eigenvalue weighted by atomic mass is 10.1. The Hall–Kier alpha value is -3.34. The normalized spacial score (nSPS) is 10.3. The molecule has 24 heavy (non-hydrogen) atoms. The Balaban J connectivity index is 1.64. The van der Waals surface area contributed by atoms with Crippen molar-refractivity contribution in [3.63, 3.8) is 0 Å². The van der Waals surface area contributed by atoms with E-state index in [1.165, 1.54) is 0 Å². The molecule has 0 aromatic heterocycles. The third kappa shape index (κ3) is 3.52. The van der Waals surface area contributed by atoms with Crippen LogP contribution < -0.4 is 16.4 Å². The van der Waals surface area contributed by atoms with Crippen LogP contribution in [0, 0.1) is 0 Å². The van der Waals surface area contributed by atoms with Crippen molar-refractivity contribution in [3.05, 3.63) is 72.3 Å². The van der Waals surface area contributed by atoms with E-state index in [2.05, 4.69) is 10.6 Å². The highest BCUT2D eigenvalue weighted by atomic mass is 16.2.